The third-order valence-electron chi connectivity index (χ3n) is 4.41. The van der Waals surface area contributed by atoms with Gasteiger partial charge in [0.1, 0.15) is 0 Å². The van der Waals surface area contributed by atoms with Crippen molar-refractivity contribution in [3.8, 4) is 0 Å². The topological polar surface area (TPSA) is 84.2 Å². The summed E-state index contributed by atoms with van der Waals surface area (Å²) >= 11 is 0. The molecule has 0 saturated heterocycles. The maximum atomic E-state index is 12.2. The Hall–Kier alpha value is -2.40. The van der Waals surface area contributed by atoms with E-state index >= 15 is 0 Å². The Balaban J connectivity index is 1.43. The number of fused-ring (bicyclic) bond motifs is 1. The molecule has 2 aromatic rings. The lowest BCUT2D eigenvalue weighted by Gasteiger charge is -2.11. The lowest BCUT2D eigenvalue weighted by atomic mass is 10.1. The Morgan fingerprint density at radius 1 is 1.08 bits per heavy atom. The molecule has 2 aromatic carbocycles. The molecule has 0 heterocycles. The lowest BCUT2D eigenvalue weighted by Crippen LogP contribution is -2.39. The first-order chi connectivity index (χ1) is 11.6. The number of amides is 2. The molecular weight excluding hydrogens is 302 g/mol. The van der Waals surface area contributed by atoms with Crippen LogP contribution in [0.5, 0.6) is 0 Å². The van der Waals surface area contributed by atoms with Crippen molar-refractivity contribution < 1.29 is 9.59 Å². The summed E-state index contributed by atoms with van der Waals surface area (Å²) in [4.78, 5) is 23.9. The molecule has 0 aromatic heterocycles. The van der Waals surface area contributed by atoms with Gasteiger partial charge in [0.05, 0.1) is 0 Å². The number of rotatable bonds is 7. The fraction of sp³-hybridized carbons (Fsp3) is 0.368. The maximum Gasteiger partial charge on any atom is 0.251 e. The van der Waals surface area contributed by atoms with Gasteiger partial charge in [-0.05, 0) is 41.7 Å². The molecule has 126 valence electrons. The van der Waals surface area contributed by atoms with Gasteiger partial charge in [-0.15, -0.1) is 0 Å². The van der Waals surface area contributed by atoms with E-state index in [0.717, 1.165) is 10.8 Å². The minimum absolute atomic E-state index is 0.0566. The van der Waals surface area contributed by atoms with E-state index in [1.165, 1.54) is 12.8 Å². The van der Waals surface area contributed by atoms with Gasteiger partial charge in [-0.2, -0.15) is 0 Å². The van der Waals surface area contributed by atoms with E-state index < -0.39 is 0 Å². The smallest absolute Gasteiger partial charge is 0.251 e. The Morgan fingerprint density at radius 2 is 1.83 bits per heavy atom. The van der Waals surface area contributed by atoms with Crippen LogP contribution in [-0.4, -0.2) is 30.9 Å². The van der Waals surface area contributed by atoms with Crippen LogP contribution in [-0.2, 0) is 4.79 Å². The first-order valence-corrected chi connectivity index (χ1v) is 8.43. The molecule has 1 atom stereocenters. The van der Waals surface area contributed by atoms with Gasteiger partial charge in [0.15, 0.2) is 0 Å². The van der Waals surface area contributed by atoms with Crippen LogP contribution in [0.3, 0.4) is 0 Å². The SMILES string of the molecule is NC(CNC(=O)CCNC(=O)c1ccc2ccccc2c1)C1CC1. The molecule has 5 nitrogen and oxygen atoms in total. The summed E-state index contributed by atoms with van der Waals surface area (Å²) in [6.07, 6.45) is 2.59. The van der Waals surface area contributed by atoms with Crippen LogP contribution in [0.15, 0.2) is 42.5 Å². The largest absolute Gasteiger partial charge is 0.354 e. The Kier molecular flexibility index (Phi) is 5.11. The predicted octanol–water partition coefficient (Wildman–Crippen LogP) is 1.81. The van der Waals surface area contributed by atoms with Crippen molar-refractivity contribution in [3.63, 3.8) is 0 Å². The van der Waals surface area contributed by atoms with Crippen LogP contribution < -0.4 is 16.4 Å². The van der Waals surface area contributed by atoms with Gasteiger partial charge in [0, 0.05) is 31.1 Å². The van der Waals surface area contributed by atoms with Crippen LogP contribution in [0.2, 0.25) is 0 Å². The highest BCUT2D eigenvalue weighted by molar-refractivity contribution is 5.98. The minimum atomic E-state index is -0.164. The molecule has 5 heteroatoms. The molecular formula is C19H23N3O2. The van der Waals surface area contributed by atoms with Gasteiger partial charge in [-0.1, -0.05) is 30.3 Å². The fourth-order valence-corrected chi connectivity index (χ4v) is 2.73. The van der Waals surface area contributed by atoms with E-state index in [1.54, 1.807) is 6.07 Å². The molecule has 1 unspecified atom stereocenters. The van der Waals surface area contributed by atoms with Gasteiger partial charge in [0.25, 0.3) is 5.91 Å². The van der Waals surface area contributed by atoms with Gasteiger partial charge in [0.2, 0.25) is 5.91 Å². The van der Waals surface area contributed by atoms with Crippen molar-refractivity contribution >= 4 is 22.6 Å². The zero-order valence-electron chi connectivity index (χ0n) is 13.6. The zero-order valence-corrected chi connectivity index (χ0v) is 13.6. The third-order valence-corrected chi connectivity index (χ3v) is 4.41. The van der Waals surface area contributed by atoms with E-state index in [9.17, 15) is 9.59 Å². The minimum Gasteiger partial charge on any atom is -0.354 e. The normalized spacial score (nSPS) is 15.0. The van der Waals surface area contributed by atoms with Crippen LogP contribution >= 0.6 is 0 Å². The summed E-state index contributed by atoms with van der Waals surface area (Å²) in [5, 5.41) is 7.74. The van der Waals surface area contributed by atoms with Gasteiger partial charge >= 0.3 is 0 Å². The highest BCUT2D eigenvalue weighted by Gasteiger charge is 2.28. The van der Waals surface area contributed by atoms with Crippen molar-refractivity contribution in [1.29, 1.82) is 0 Å². The number of carbonyl (C=O) groups excluding carboxylic acids is 2. The molecule has 1 aliphatic rings. The van der Waals surface area contributed by atoms with Gasteiger partial charge < -0.3 is 16.4 Å². The average molecular weight is 325 g/mol. The van der Waals surface area contributed by atoms with Crippen LogP contribution in [0.4, 0.5) is 0 Å². The molecule has 1 saturated carbocycles. The monoisotopic (exact) mass is 325 g/mol. The standard InChI is InChI=1S/C19H23N3O2/c20-17(14-6-7-14)12-22-18(23)9-10-21-19(24)16-8-5-13-3-1-2-4-15(13)11-16/h1-5,8,11,14,17H,6-7,9-10,12,20H2,(H,21,24)(H,22,23). The number of hydrogen-bond acceptors (Lipinski definition) is 3. The quantitative estimate of drug-likeness (QED) is 0.726. The molecule has 2 amide bonds. The second kappa shape index (κ2) is 7.45. The van der Waals surface area contributed by atoms with E-state index in [4.69, 9.17) is 5.73 Å². The molecule has 24 heavy (non-hydrogen) atoms. The Labute approximate surface area is 141 Å². The number of carbonyl (C=O) groups is 2. The number of benzene rings is 2. The van der Waals surface area contributed by atoms with Gasteiger partial charge in [-0.3, -0.25) is 9.59 Å². The summed E-state index contributed by atoms with van der Waals surface area (Å²) < 4.78 is 0. The van der Waals surface area contributed by atoms with Crippen LogP contribution in [0.1, 0.15) is 29.6 Å². The summed E-state index contributed by atoms with van der Waals surface area (Å²) in [5.41, 5.74) is 6.54. The van der Waals surface area contributed by atoms with Gasteiger partial charge in [-0.25, -0.2) is 0 Å². The summed E-state index contributed by atoms with van der Waals surface area (Å²) in [5.74, 6) is 0.325. The summed E-state index contributed by atoms with van der Waals surface area (Å²) in [6.45, 7) is 0.832. The van der Waals surface area contributed by atoms with E-state index in [0.29, 0.717) is 24.6 Å². The number of nitrogens with two attached hydrogens (primary N) is 1. The van der Waals surface area contributed by atoms with E-state index in [2.05, 4.69) is 10.6 Å². The zero-order chi connectivity index (χ0) is 16.9. The molecule has 4 N–H and O–H groups in total. The van der Waals surface area contributed by atoms with Crippen molar-refractivity contribution in [2.75, 3.05) is 13.1 Å². The molecule has 1 aliphatic carbocycles. The fourth-order valence-electron chi connectivity index (χ4n) is 2.73. The summed E-state index contributed by atoms with van der Waals surface area (Å²) in [6, 6.07) is 13.5. The van der Waals surface area contributed by atoms with E-state index in [1.807, 2.05) is 36.4 Å². The molecule has 1 fully saturated rings. The first-order valence-electron chi connectivity index (χ1n) is 8.43. The average Bonchev–Trinajstić information content (AvgIpc) is 3.44. The van der Waals surface area contributed by atoms with E-state index in [-0.39, 0.29) is 24.3 Å². The Morgan fingerprint density at radius 3 is 2.58 bits per heavy atom. The second-order valence-corrected chi connectivity index (χ2v) is 6.37. The Bertz CT molecular complexity index is 740. The maximum absolute atomic E-state index is 12.2. The second-order valence-electron chi connectivity index (χ2n) is 6.37. The van der Waals surface area contributed by atoms with Crippen LogP contribution in [0.25, 0.3) is 10.8 Å². The van der Waals surface area contributed by atoms with Crippen molar-refractivity contribution in [2.24, 2.45) is 11.7 Å². The molecule has 0 spiro atoms. The molecule has 0 radical (unpaired) electrons. The lowest BCUT2D eigenvalue weighted by molar-refractivity contribution is -0.121. The van der Waals surface area contributed by atoms with Crippen molar-refractivity contribution in [3.05, 3.63) is 48.0 Å². The van der Waals surface area contributed by atoms with Crippen molar-refractivity contribution in [2.45, 2.75) is 25.3 Å². The predicted molar refractivity (Wildman–Crippen MR) is 94.6 cm³/mol. The number of nitrogens with one attached hydrogen (secondary N) is 2. The highest BCUT2D eigenvalue weighted by atomic mass is 16.2. The molecule has 0 bridgehead atoms. The summed E-state index contributed by atoms with van der Waals surface area (Å²) in [7, 11) is 0. The van der Waals surface area contributed by atoms with Crippen molar-refractivity contribution in [1.82, 2.24) is 10.6 Å². The third kappa shape index (κ3) is 4.32. The first kappa shape index (κ1) is 16.5. The molecule has 3 rings (SSSR count). The van der Waals surface area contributed by atoms with Crippen LogP contribution in [0, 0.1) is 5.92 Å². The highest BCUT2D eigenvalue weighted by Crippen LogP contribution is 2.31. The number of hydrogen-bond donors (Lipinski definition) is 3. The molecule has 0 aliphatic heterocycles.